The molecule has 1 rings (SSSR count). The zero-order chi connectivity index (χ0) is 8.27. The Balaban J connectivity index is 3.10. The maximum atomic E-state index is 8.86. The molecule has 60 valence electrons. The number of nitrogen functional groups attached to an aromatic ring is 1. The van der Waals surface area contributed by atoms with Crippen molar-refractivity contribution in [3.8, 4) is 0 Å². The van der Waals surface area contributed by atoms with Crippen LogP contribution in [0.15, 0.2) is 18.2 Å². The van der Waals surface area contributed by atoms with E-state index in [2.05, 4.69) is 0 Å². The highest BCUT2D eigenvalue weighted by atomic mass is 16.3. The average molecular weight is 151 g/mol. The number of hydrogen-bond acceptors (Lipinski definition) is 2. The van der Waals surface area contributed by atoms with Crippen molar-refractivity contribution in [3.63, 3.8) is 0 Å². The molecule has 0 amide bonds. The van der Waals surface area contributed by atoms with Crippen molar-refractivity contribution in [2.24, 2.45) is 0 Å². The summed E-state index contributed by atoms with van der Waals surface area (Å²) in [6.07, 6.45) is 0.916. The van der Waals surface area contributed by atoms with Crippen molar-refractivity contribution in [2.45, 2.75) is 20.0 Å². The third-order valence-corrected chi connectivity index (χ3v) is 1.84. The molecule has 0 aliphatic carbocycles. The molecule has 2 heteroatoms. The summed E-state index contributed by atoms with van der Waals surface area (Å²) < 4.78 is 0. The molecule has 3 N–H and O–H groups in total. The lowest BCUT2D eigenvalue weighted by molar-refractivity contribution is 0.282. The Bertz CT molecular complexity index is 223. The molecule has 0 unspecified atom stereocenters. The number of anilines is 1. The number of aliphatic hydroxyl groups is 1. The number of para-hydroxylation sites is 1. The Kier molecular flexibility index (Phi) is 2.49. The summed E-state index contributed by atoms with van der Waals surface area (Å²) in [6.45, 7) is 2.08. The molecule has 0 heterocycles. The first-order chi connectivity index (χ1) is 5.29. The van der Waals surface area contributed by atoms with Crippen LogP contribution in [0.5, 0.6) is 0 Å². The van der Waals surface area contributed by atoms with Crippen LogP contribution in [-0.4, -0.2) is 5.11 Å². The number of nitrogens with two attached hydrogens (primary N) is 1. The zero-order valence-electron chi connectivity index (χ0n) is 6.67. The van der Waals surface area contributed by atoms with Gasteiger partial charge in [-0.25, -0.2) is 0 Å². The smallest absolute Gasteiger partial charge is 0.0702 e. The van der Waals surface area contributed by atoms with Crippen LogP contribution < -0.4 is 5.73 Å². The number of benzene rings is 1. The lowest BCUT2D eigenvalue weighted by Gasteiger charge is -2.06. The van der Waals surface area contributed by atoms with Gasteiger partial charge >= 0.3 is 0 Å². The highest BCUT2D eigenvalue weighted by molar-refractivity contribution is 5.53. The van der Waals surface area contributed by atoms with Crippen LogP contribution in [0.2, 0.25) is 0 Å². The minimum atomic E-state index is 0.0275. The number of rotatable bonds is 2. The summed E-state index contributed by atoms with van der Waals surface area (Å²) in [5.41, 5.74) is 8.41. The van der Waals surface area contributed by atoms with E-state index >= 15 is 0 Å². The van der Waals surface area contributed by atoms with E-state index in [-0.39, 0.29) is 6.61 Å². The lowest BCUT2D eigenvalue weighted by Crippen LogP contribution is -1.98. The second kappa shape index (κ2) is 3.39. The summed E-state index contributed by atoms with van der Waals surface area (Å²) in [6, 6.07) is 5.74. The van der Waals surface area contributed by atoms with E-state index in [9.17, 15) is 0 Å². The first-order valence-corrected chi connectivity index (χ1v) is 3.76. The molecule has 0 spiro atoms. The van der Waals surface area contributed by atoms with Crippen LogP contribution >= 0.6 is 0 Å². The summed E-state index contributed by atoms with van der Waals surface area (Å²) in [7, 11) is 0. The fraction of sp³-hybridized carbons (Fsp3) is 0.333. The van der Waals surface area contributed by atoms with E-state index < -0.39 is 0 Å². The fourth-order valence-corrected chi connectivity index (χ4v) is 1.11. The van der Waals surface area contributed by atoms with Crippen molar-refractivity contribution >= 4 is 5.69 Å². The fourth-order valence-electron chi connectivity index (χ4n) is 1.11. The zero-order valence-corrected chi connectivity index (χ0v) is 6.67. The average Bonchev–Trinajstić information content (AvgIpc) is 2.05. The highest BCUT2D eigenvalue weighted by Crippen LogP contribution is 2.17. The third-order valence-electron chi connectivity index (χ3n) is 1.84. The molecule has 2 nitrogen and oxygen atoms in total. The molecule has 0 atom stereocenters. The van der Waals surface area contributed by atoms with Gasteiger partial charge in [0.1, 0.15) is 0 Å². The lowest BCUT2D eigenvalue weighted by atomic mass is 10.1. The van der Waals surface area contributed by atoms with Gasteiger partial charge in [0, 0.05) is 11.3 Å². The maximum absolute atomic E-state index is 8.86. The van der Waals surface area contributed by atoms with Gasteiger partial charge in [0.05, 0.1) is 6.61 Å². The molecule has 11 heavy (non-hydrogen) atoms. The molecule has 0 aliphatic rings. The summed E-state index contributed by atoms with van der Waals surface area (Å²) in [4.78, 5) is 0. The number of hydrogen-bond donors (Lipinski definition) is 2. The van der Waals surface area contributed by atoms with Gasteiger partial charge in [0.25, 0.3) is 0 Å². The van der Waals surface area contributed by atoms with Crippen LogP contribution in [0.1, 0.15) is 18.1 Å². The first kappa shape index (κ1) is 8.08. The molecule has 0 aliphatic heterocycles. The van der Waals surface area contributed by atoms with Gasteiger partial charge in [-0.3, -0.25) is 0 Å². The van der Waals surface area contributed by atoms with Crippen LogP contribution in [0, 0.1) is 0 Å². The van der Waals surface area contributed by atoms with E-state index in [1.165, 1.54) is 0 Å². The van der Waals surface area contributed by atoms with Gasteiger partial charge in [-0.05, 0) is 12.0 Å². The second-order valence-corrected chi connectivity index (χ2v) is 2.50. The van der Waals surface area contributed by atoms with E-state index in [0.29, 0.717) is 0 Å². The van der Waals surface area contributed by atoms with Crippen molar-refractivity contribution in [1.82, 2.24) is 0 Å². The molecule has 1 aromatic carbocycles. The predicted molar refractivity (Wildman–Crippen MR) is 46.2 cm³/mol. The minimum absolute atomic E-state index is 0.0275. The van der Waals surface area contributed by atoms with Crippen LogP contribution in [0.25, 0.3) is 0 Å². The summed E-state index contributed by atoms with van der Waals surface area (Å²) >= 11 is 0. The molecule has 0 bridgehead atoms. The van der Waals surface area contributed by atoms with E-state index in [4.69, 9.17) is 10.8 Å². The summed E-state index contributed by atoms with van der Waals surface area (Å²) in [5.74, 6) is 0. The van der Waals surface area contributed by atoms with E-state index in [1.807, 2.05) is 25.1 Å². The van der Waals surface area contributed by atoms with Crippen molar-refractivity contribution in [1.29, 1.82) is 0 Å². The molecular weight excluding hydrogens is 138 g/mol. The first-order valence-electron chi connectivity index (χ1n) is 3.76. The molecule has 0 fully saturated rings. The van der Waals surface area contributed by atoms with Gasteiger partial charge < -0.3 is 10.8 Å². The quantitative estimate of drug-likeness (QED) is 0.626. The Hall–Kier alpha value is -1.02. The normalized spacial score (nSPS) is 10.0. The second-order valence-electron chi connectivity index (χ2n) is 2.50. The van der Waals surface area contributed by atoms with Gasteiger partial charge in [-0.15, -0.1) is 0 Å². The Morgan fingerprint density at radius 2 is 2.00 bits per heavy atom. The van der Waals surface area contributed by atoms with Crippen LogP contribution in [-0.2, 0) is 13.0 Å². The molecular formula is C9H13NO. The van der Waals surface area contributed by atoms with E-state index in [0.717, 1.165) is 23.2 Å². The minimum Gasteiger partial charge on any atom is -0.398 e. The summed E-state index contributed by atoms with van der Waals surface area (Å²) in [5, 5.41) is 8.86. The highest BCUT2D eigenvalue weighted by Gasteiger charge is 2.00. The molecule has 0 saturated heterocycles. The molecule has 0 aromatic heterocycles. The van der Waals surface area contributed by atoms with Crippen molar-refractivity contribution < 1.29 is 5.11 Å². The van der Waals surface area contributed by atoms with Gasteiger partial charge in [-0.1, -0.05) is 25.1 Å². The Labute approximate surface area is 66.7 Å². The topological polar surface area (TPSA) is 46.2 Å². The maximum Gasteiger partial charge on any atom is 0.0702 e. The monoisotopic (exact) mass is 151 g/mol. The molecule has 0 radical (unpaired) electrons. The van der Waals surface area contributed by atoms with Gasteiger partial charge in [0.15, 0.2) is 0 Å². The standard InChI is InChI=1S/C9H13NO/c1-2-7-4-3-5-8(6-11)9(7)10/h3-5,11H,2,6,10H2,1H3. The third kappa shape index (κ3) is 1.52. The molecule has 0 saturated carbocycles. The van der Waals surface area contributed by atoms with Crippen LogP contribution in [0.4, 0.5) is 5.69 Å². The Morgan fingerprint density at radius 3 is 2.55 bits per heavy atom. The van der Waals surface area contributed by atoms with Crippen molar-refractivity contribution in [3.05, 3.63) is 29.3 Å². The van der Waals surface area contributed by atoms with Crippen molar-refractivity contribution in [2.75, 3.05) is 5.73 Å². The SMILES string of the molecule is CCc1cccc(CO)c1N. The van der Waals surface area contributed by atoms with E-state index in [1.54, 1.807) is 0 Å². The number of aryl methyl sites for hydroxylation is 1. The van der Waals surface area contributed by atoms with Gasteiger partial charge in [-0.2, -0.15) is 0 Å². The largest absolute Gasteiger partial charge is 0.398 e. The predicted octanol–water partition coefficient (Wildman–Crippen LogP) is 1.32. The molecule has 1 aromatic rings. The number of aliphatic hydroxyl groups excluding tert-OH is 1. The van der Waals surface area contributed by atoms with Gasteiger partial charge in [0.2, 0.25) is 0 Å². The van der Waals surface area contributed by atoms with Crippen LogP contribution in [0.3, 0.4) is 0 Å². The Morgan fingerprint density at radius 1 is 1.36 bits per heavy atom.